The van der Waals surface area contributed by atoms with Crippen LogP contribution in [0, 0.1) is 0 Å². The Morgan fingerprint density at radius 3 is 2.84 bits per heavy atom. The van der Waals surface area contributed by atoms with Crippen molar-refractivity contribution in [3.05, 3.63) is 23.8 Å². The largest absolute Gasteiger partial charge is 0.482 e. The number of nitrogens with zero attached hydrogens (tertiary/aromatic N) is 2. The van der Waals surface area contributed by atoms with E-state index in [1.165, 1.54) is 9.80 Å². The molecule has 2 aliphatic heterocycles. The van der Waals surface area contributed by atoms with Crippen molar-refractivity contribution < 1.29 is 27.9 Å². The number of sulfone groups is 1. The van der Waals surface area contributed by atoms with Gasteiger partial charge in [0.05, 0.1) is 23.8 Å². The summed E-state index contributed by atoms with van der Waals surface area (Å²) in [5, 5.41) is 9.28. The molecule has 136 valence electrons. The van der Waals surface area contributed by atoms with E-state index in [-0.39, 0.29) is 43.1 Å². The monoisotopic (exact) mass is 368 g/mol. The quantitative estimate of drug-likeness (QED) is 0.780. The van der Waals surface area contributed by atoms with Crippen molar-refractivity contribution in [1.29, 1.82) is 0 Å². The van der Waals surface area contributed by atoms with Crippen molar-refractivity contribution in [3.63, 3.8) is 0 Å². The lowest BCUT2D eigenvalue weighted by Gasteiger charge is -2.29. The number of ether oxygens (including phenoxy) is 1. The molecule has 2 aliphatic rings. The van der Waals surface area contributed by atoms with Gasteiger partial charge in [-0.25, -0.2) is 8.42 Å². The molecule has 0 spiro atoms. The molecule has 2 amide bonds. The van der Waals surface area contributed by atoms with Gasteiger partial charge in [-0.15, -0.1) is 0 Å². The fraction of sp³-hybridized carbons (Fsp3) is 0.500. The molecule has 2 heterocycles. The molecule has 1 N–H and O–H groups in total. The van der Waals surface area contributed by atoms with Crippen LogP contribution in [0.4, 0.5) is 5.69 Å². The minimum absolute atomic E-state index is 0.0438. The normalized spacial score (nSPS) is 21.6. The van der Waals surface area contributed by atoms with E-state index >= 15 is 0 Å². The third-order valence-corrected chi connectivity index (χ3v) is 6.29. The van der Waals surface area contributed by atoms with E-state index in [9.17, 15) is 23.1 Å². The van der Waals surface area contributed by atoms with Gasteiger partial charge in [-0.2, -0.15) is 0 Å². The Balaban J connectivity index is 1.89. The predicted molar refractivity (Wildman–Crippen MR) is 90.5 cm³/mol. The van der Waals surface area contributed by atoms with Crippen LogP contribution in [0.3, 0.4) is 0 Å². The van der Waals surface area contributed by atoms with Crippen LogP contribution >= 0.6 is 0 Å². The van der Waals surface area contributed by atoms with Crippen LogP contribution in [-0.2, 0) is 14.6 Å². The number of fused-ring (bicyclic) bond motifs is 1. The van der Waals surface area contributed by atoms with Crippen LogP contribution in [0.2, 0.25) is 0 Å². The Labute approximate surface area is 145 Å². The van der Waals surface area contributed by atoms with Gasteiger partial charge >= 0.3 is 0 Å². The summed E-state index contributed by atoms with van der Waals surface area (Å²) in [5.74, 6) is -0.125. The molecular formula is C16H20N2O6S. The SMILES string of the molecule is CN1C(=O)COc2ccc(C(=O)N(CCO)[C@@H]3CCS(=O)(=O)C3)cc21. The standard InChI is InChI=1S/C16H20N2O6S/c1-17-13-8-11(2-3-14(13)24-9-15(17)20)16(21)18(5-6-19)12-4-7-25(22,23)10-12/h2-3,8,12,19H,4-7,9-10H2,1H3/t12-/m1/s1. The molecule has 3 rings (SSSR count). The smallest absolute Gasteiger partial charge is 0.264 e. The first-order chi connectivity index (χ1) is 11.8. The van der Waals surface area contributed by atoms with Crippen LogP contribution in [0.5, 0.6) is 5.75 Å². The number of benzene rings is 1. The topological polar surface area (TPSA) is 104 Å². The summed E-state index contributed by atoms with van der Waals surface area (Å²) in [6, 6.07) is 4.31. The molecule has 1 aromatic carbocycles. The van der Waals surface area contributed by atoms with Crippen LogP contribution in [0.15, 0.2) is 18.2 Å². The summed E-state index contributed by atoms with van der Waals surface area (Å²) < 4.78 is 28.8. The third kappa shape index (κ3) is 3.47. The molecule has 9 heteroatoms. The summed E-state index contributed by atoms with van der Waals surface area (Å²) in [5.41, 5.74) is 0.812. The number of amides is 2. The zero-order valence-corrected chi connectivity index (χ0v) is 14.7. The van der Waals surface area contributed by atoms with E-state index in [0.717, 1.165) is 0 Å². The molecular weight excluding hydrogens is 348 g/mol. The highest BCUT2D eigenvalue weighted by Gasteiger charge is 2.35. The van der Waals surface area contributed by atoms with Crippen molar-refractivity contribution in [2.75, 3.05) is 43.2 Å². The van der Waals surface area contributed by atoms with Gasteiger partial charge in [0.15, 0.2) is 16.4 Å². The highest BCUT2D eigenvalue weighted by molar-refractivity contribution is 7.91. The molecule has 0 aromatic heterocycles. The van der Waals surface area contributed by atoms with Crippen molar-refractivity contribution >= 4 is 27.3 Å². The van der Waals surface area contributed by atoms with Crippen molar-refractivity contribution in [3.8, 4) is 5.75 Å². The van der Waals surface area contributed by atoms with E-state index in [0.29, 0.717) is 23.4 Å². The van der Waals surface area contributed by atoms with Crippen molar-refractivity contribution in [2.24, 2.45) is 0 Å². The zero-order valence-electron chi connectivity index (χ0n) is 13.8. The summed E-state index contributed by atoms with van der Waals surface area (Å²) >= 11 is 0. The molecule has 8 nitrogen and oxygen atoms in total. The lowest BCUT2D eigenvalue weighted by atomic mass is 10.1. The molecule has 0 aliphatic carbocycles. The summed E-state index contributed by atoms with van der Waals surface area (Å²) in [7, 11) is -1.55. The van der Waals surface area contributed by atoms with Gasteiger partial charge in [-0.1, -0.05) is 0 Å². The number of carbonyl (C=O) groups excluding carboxylic acids is 2. The summed E-state index contributed by atoms with van der Waals surface area (Å²) in [6.45, 7) is -0.247. The minimum atomic E-state index is -3.15. The van der Waals surface area contributed by atoms with Gasteiger partial charge in [0.2, 0.25) is 0 Å². The number of likely N-dealkylation sites (N-methyl/N-ethyl adjacent to an activating group) is 1. The number of anilines is 1. The van der Waals surface area contributed by atoms with E-state index < -0.39 is 15.9 Å². The molecule has 0 unspecified atom stereocenters. The first-order valence-corrected chi connectivity index (χ1v) is 9.80. The van der Waals surface area contributed by atoms with E-state index in [2.05, 4.69) is 0 Å². The minimum Gasteiger partial charge on any atom is -0.482 e. The molecule has 1 atom stereocenters. The van der Waals surface area contributed by atoms with Crippen molar-refractivity contribution in [1.82, 2.24) is 4.90 Å². The second-order valence-corrected chi connectivity index (χ2v) is 8.43. The Morgan fingerprint density at radius 2 is 2.20 bits per heavy atom. The van der Waals surface area contributed by atoms with E-state index in [1.807, 2.05) is 0 Å². The lowest BCUT2D eigenvalue weighted by Crippen LogP contribution is -2.43. The number of hydrogen-bond acceptors (Lipinski definition) is 6. The molecule has 1 saturated heterocycles. The Bertz CT molecular complexity index is 807. The maximum Gasteiger partial charge on any atom is 0.264 e. The maximum absolute atomic E-state index is 12.9. The van der Waals surface area contributed by atoms with Gasteiger partial charge in [0.1, 0.15) is 5.75 Å². The second-order valence-electron chi connectivity index (χ2n) is 6.20. The number of carbonyl (C=O) groups is 2. The molecule has 25 heavy (non-hydrogen) atoms. The van der Waals surface area contributed by atoms with Crippen LogP contribution < -0.4 is 9.64 Å². The number of rotatable bonds is 4. The van der Waals surface area contributed by atoms with Gasteiger partial charge in [-0.3, -0.25) is 9.59 Å². The third-order valence-electron chi connectivity index (χ3n) is 4.54. The van der Waals surface area contributed by atoms with Gasteiger partial charge in [0, 0.05) is 25.2 Å². The van der Waals surface area contributed by atoms with Crippen LogP contribution in [-0.4, -0.2) is 74.6 Å². The van der Waals surface area contributed by atoms with Gasteiger partial charge in [0.25, 0.3) is 11.8 Å². The Kier molecular flexibility index (Phi) is 4.70. The first kappa shape index (κ1) is 17.7. The number of aliphatic hydroxyl groups is 1. The molecule has 0 bridgehead atoms. The molecule has 1 fully saturated rings. The van der Waals surface area contributed by atoms with E-state index in [4.69, 9.17) is 4.74 Å². The van der Waals surface area contributed by atoms with Gasteiger partial charge < -0.3 is 19.6 Å². The predicted octanol–water partition coefficient (Wildman–Crippen LogP) is -0.337. The highest BCUT2D eigenvalue weighted by atomic mass is 32.2. The average Bonchev–Trinajstić information content (AvgIpc) is 2.95. The fourth-order valence-electron chi connectivity index (χ4n) is 3.15. The number of hydrogen-bond donors (Lipinski definition) is 1. The number of aliphatic hydroxyl groups excluding tert-OH is 1. The Morgan fingerprint density at radius 1 is 1.44 bits per heavy atom. The average molecular weight is 368 g/mol. The summed E-state index contributed by atoms with van der Waals surface area (Å²) in [6.07, 6.45) is 0.362. The first-order valence-electron chi connectivity index (χ1n) is 7.98. The van der Waals surface area contributed by atoms with Crippen molar-refractivity contribution in [2.45, 2.75) is 12.5 Å². The van der Waals surface area contributed by atoms with E-state index in [1.54, 1.807) is 25.2 Å². The summed E-state index contributed by atoms with van der Waals surface area (Å²) in [4.78, 5) is 27.5. The highest BCUT2D eigenvalue weighted by Crippen LogP contribution is 2.32. The second kappa shape index (κ2) is 6.64. The van der Waals surface area contributed by atoms with Crippen LogP contribution in [0.25, 0.3) is 0 Å². The zero-order chi connectivity index (χ0) is 18.2. The lowest BCUT2D eigenvalue weighted by molar-refractivity contribution is -0.120. The maximum atomic E-state index is 12.9. The molecule has 0 radical (unpaired) electrons. The fourth-order valence-corrected chi connectivity index (χ4v) is 4.88. The van der Waals surface area contributed by atoms with Gasteiger partial charge in [-0.05, 0) is 24.6 Å². The Hall–Kier alpha value is -2.13. The van der Waals surface area contributed by atoms with Crippen LogP contribution in [0.1, 0.15) is 16.8 Å². The molecule has 1 aromatic rings. The molecule has 0 saturated carbocycles.